The Morgan fingerprint density at radius 1 is 1.62 bits per heavy atom. The lowest BCUT2D eigenvalue weighted by Gasteiger charge is -2.10. The zero-order chi connectivity index (χ0) is 6.57. The first-order chi connectivity index (χ1) is 3.72. The van der Waals surface area contributed by atoms with Gasteiger partial charge in [0, 0.05) is 12.5 Å². The Balaban J connectivity index is 3.51. The normalized spacial score (nSPS) is 14.0. The van der Waals surface area contributed by atoms with Crippen molar-refractivity contribution in [3.05, 3.63) is 0 Å². The van der Waals surface area contributed by atoms with Gasteiger partial charge in [0.1, 0.15) is 0 Å². The van der Waals surface area contributed by atoms with Crippen molar-refractivity contribution < 1.29 is 0 Å². The maximum absolute atomic E-state index is 6.89. The lowest BCUT2D eigenvalue weighted by molar-refractivity contribution is 0.509. The molecule has 0 rings (SSSR count). The summed E-state index contributed by atoms with van der Waals surface area (Å²) in [5.41, 5.74) is 5.33. The Morgan fingerprint density at radius 3 is 2.12 bits per heavy atom. The molecule has 0 aromatic heterocycles. The van der Waals surface area contributed by atoms with Crippen LogP contribution in [0, 0.1) is 17.2 Å². The van der Waals surface area contributed by atoms with Gasteiger partial charge in [0.2, 0.25) is 0 Å². The number of hydrogen-bond acceptors (Lipinski definition) is 2. The van der Waals surface area contributed by atoms with E-state index in [0.29, 0.717) is 12.5 Å². The minimum atomic E-state index is 0.273. The van der Waals surface area contributed by atoms with Gasteiger partial charge in [0.25, 0.3) is 0 Å². The first kappa shape index (κ1) is 7.63. The highest BCUT2D eigenvalue weighted by Gasteiger charge is 2.05. The molecule has 0 amide bonds. The minimum Gasteiger partial charge on any atom is -0.330 e. The molecule has 0 aliphatic heterocycles. The third-order valence-electron chi connectivity index (χ3n) is 1.34. The molecule has 0 spiro atoms. The van der Waals surface area contributed by atoms with Crippen LogP contribution in [0.2, 0.25) is 0 Å². The zero-order valence-electron chi connectivity index (χ0n) is 5.52. The fourth-order valence-electron chi connectivity index (χ4n) is 0.533. The van der Waals surface area contributed by atoms with Gasteiger partial charge < -0.3 is 11.1 Å². The molecule has 0 aliphatic carbocycles. The van der Waals surface area contributed by atoms with Crippen molar-refractivity contribution in [2.24, 2.45) is 17.6 Å². The molecule has 0 heterocycles. The van der Waals surface area contributed by atoms with E-state index in [1.807, 2.05) is 0 Å². The molecule has 8 heavy (non-hydrogen) atoms. The van der Waals surface area contributed by atoms with E-state index >= 15 is 0 Å². The first-order valence-electron chi connectivity index (χ1n) is 2.93. The van der Waals surface area contributed by atoms with Gasteiger partial charge >= 0.3 is 0 Å². The quantitative estimate of drug-likeness (QED) is 0.525. The Hall–Kier alpha value is -0.370. The lowest BCUT2D eigenvalue weighted by atomic mass is 9.98. The molecule has 0 aliphatic rings. The van der Waals surface area contributed by atoms with Crippen molar-refractivity contribution >= 4 is 6.21 Å². The molecule has 1 atom stereocenters. The molecule has 3 N–H and O–H groups in total. The predicted molar refractivity (Wildman–Crippen MR) is 36.2 cm³/mol. The lowest BCUT2D eigenvalue weighted by Crippen LogP contribution is -2.20. The van der Waals surface area contributed by atoms with Crippen LogP contribution in [0.5, 0.6) is 0 Å². The van der Waals surface area contributed by atoms with Crippen LogP contribution >= 0.6 is 0 Å². The Morgan fingerprint density at radius 2 is 2.12 bits per heavy atom. The summed E-state index contributed by atoms with van der Waals surface area (Å²) in [7, 11) is 0. The highest BCUT2D eigenvalue weighted by atomic mass is 14.6. The number of rotatable bonds is 3. The summed E-state index contributed by atoms with van der Waals surface area (Å²) < 4.78 is 0. The van der Waals surface area contributed by atoms with Crippen LogP contribution in [0.1, 0.15) is 13.8 Å². The summed E-state index contributed by atoms with van der Waals surface area (Å²) in [6, 6.07) is 0. The van der Waals surface area contributed by atoms with Gasteiger partial charge in [-0.1, -0.05) is 13.8 Å². The predicted octanol–water partition coefficient (Wildman–Crippen LogP) is 0.867. The smallest absolute Gasteiger partial charge is 0.00810 e. The monoisotopic (exact) mass is 114 g/mol. The van der Waals surface area contributed by atoms with Crippen LogP contribution in [0.25, 0.3) is 0 Å². The van der Waals surface area contributed by atoms with Gasteiger partial charge in [-0.3, -0.25) is 0 Å². The molecular weight excluding hydrogens is 100 g/mol. The van der Waals surface area contributed by atoms with Crippen LogP contribution in [-0.2, 0) is 0 Å². The SMILES string of the molecule is CC(C)[C@@H](C=N)CN. The fraction of sp³-hybridized carbons (Fsp3) is 0.833. The summed E-state index contributed by atoms with van der Waals surface area (Å²) in [5, 5.41) is 6.89. The summed E-state index contributed by atoms with van der Waals surface area (Å²) in [6.45, 7) is 4.74. The Kier molecular flexibility index (Phi) is 3.44. The van der Waals surface area contributed by atoms with Gasteiger partial charge in [-0.25, -0.2) is 0 Å². The van der Waals surface area contributed by atoms with E-state index in [-0.39, 0.29) is 5.92 Å². The van der Waals surface area contributed by atoms with Gasteiger partial charge in [-0.05, 0) is 12.1 Å². The summed E-state index contributed by atoms with van der Waals surface area (Å²) in [5.74, 6) is 0.785. The van der Waals surface area contributed by atoms with E-state index in [1.54, 1.807) is 0 Å². The van der Waals surface area contributed by atoms with Gasteiger partial charge in [-0.15, -0.1) is 0 Å². The molecule has 0 fully saturated rings. The number of nitrogens with two attached hydrogens (primary N) is 1. The van der Waals surface area contributed by atoms with Crippen molar-refractivity contribution in [1.82, 2.24) is 0 Å². The molecule has 0 bridgehead atoms. The van der Waals surface area contributed by atoms with Crippen molar-refractivity contribution in [2.75, 3.05) is 6.54 Å². The van der Waals surface area contributed by atoms with E-state index < -0.39 is 0 Å². The highest BCUT2D eigenvalue weighted by Crippen LogP contribution is 2.04. The van der Waals surface area contributed by atoms with Crippen LogP contribution in [0.15, 0.2) is 0 Å². The van der Waals surface area contributed by atoms with Crippen LogP contribution < -0.4 is 5.73 Å². The summed E-state index contributed by atoms with van der Waals surface area (Å²) >= 11 is 0. The maximum Gasteiger partial charge on any atom is 0.00810 e. The molecule has 2 nitrogen and oxygen atoms in total. The van der Waals surface area contributed by atoms with E-state index in [0.717, 1.165) is 0 Å². The molecule has 0 aromatic rings. The fourth-order valence-corrected chi connectivity index (χ4v) is 0.533. The third kappa shape index (κ3) is 2.07. The van der Waals surface area contributed by atoms with Crippen molar-refractivity contribution in [3.8, 4) is 0 Å². The van der Waals surface area contributed by atoms with E-state index in [9.17, 15) is 0 Å². The van der Waals surface area contributed by atoms with Crippen LogP contribution in [-0.4, -0.2) is 12.8 Å². The summed E-state index contributed by atoms with van der Waals surface area (Å²) in [4.78, 5) is 0. The molecule has 0 aromatic carbocycles. The minimum absolute atomic E-state index is 0.273. The van der Waals surface area contributed by atoms with Crippen molar-refractivity contribution in [3.63, 3.8) is 0 Å². The Labute approximate surface area is 50.6 Å². The second kappa shape index (κ2) is 3.61. The molecule has 0 radical (unpaired) electrons. The highest BCUT2D eigenvalue weighted by molar-refractivity contribution is 5.57. The topological polar surface area (TPSA) is 49.9 Å². The van der Waals surface area contributed by atoms with E-state index in [1.165, 1.54) is 6.21 Å². The van der Waals surface area contributed by atoms with Crippen LogP contribution in [0.3, 0.4) is 0 Å². The van der Waals surface area contributed by atoms with E-state index in [2.05, 4.69) is 13.8 Å². The standard InChI is InChI=1S/C6H14N2/c1-5(2)6(3-7)4-8/h3,5-7H,4,8H2,1-2H3/t6-/m0/s1. The van der Waals surface area contributed by atoms with Gasteiger partial charge in [0.15, 0.2) is 0 Å². The zero-order valence-corrected chi connectivity index (χ0v) is 5.52. The van der Waals surface area contributed by atoms with Gasteiger partial charge in [-0.2, -0.15) is 0 Å². The molecule has 0 unspecified atom stereocenters. The average Bonchev–Trinajstić information content (AvgIpc) is 1.69. The Bertz CT molecular complexity index is 68.9. The molecule has 2 heteroatoms. The maximum atomic E-state index is 6.89. The molecule has 0 saturated heterocycles. The second-order valence-electron chi connectivity index (χ2n) is 2.31. The van der Waals surface area contributed by atoms with E-state index in [4.69, 9.17) is 11.1 Å². The van der Waals surface area contributed by atoms with Crippen molar-refractivity contribution in [1.29, 1.82) is 5.41 Å². The van der Waals surface area contributed by atoms with Crippen molar-refractivity contribution in [2.45, 2.75) is 13.8 Å². The van der Waals surface area contributed by atoms with Crippen LogP contribution in [0.4, 0.5) is 0 Å². The molecule has 0 saturated carbocycles. The molecule has 48 valence electrons. The molecular formula is C6H14N2. The average molecular weight is 114 g/mol. The third-order valence-corrected chi connectivity index (χ3v) is 1.34. The summed E-state index contributed by atoms with van der Waals surface area (Å²) in [6.07, 6.45) is 1.42. The first-order valence-corrected chi connectivity index (χ1v) is 2.93. The largest absolute Gasteiger partial charge is 0.330 e. The van der Waals surface area contributed by atoms with Gasteiger partial charge in [0.05, 0.1) is 0 Å². The second-order valence-corrected chi connectivity index (χ2v) is 2.31. The number of nitrogens with one attached hydrogen (secondary N) is 1. The number of hydrogen-bond donors (Lipinski definition) is 2.